The molecule has 0 bridgehead atoms. The van der Waals surface area contributed by atoms with Crippen molar-refractivity contribution in [1.82, 2.24) is 4.90 Å². The first-order valence-corrected chi connectivity index (χ1v) is 8.84. The van der Waals surface area contributed by atoms with Crippen LogP contribution in [0.2, 0.25) is 0 Å². The maximum atomic E-state index is 5.72. The monoisotopic (exact) mass is 340 g/mol. The number of thiocarbonyl (C=S) groups is 1. The van der Waals surface area contributed by atoms with Crippen LogP contribution in [-0.2, 0) is 6.54 Å². The lowest BCUT2D eigenvalue weighted by Gasteiger charge is -2.32. The van der Waals surface area contributed by atoms with Gasteiger partial charge in [0.25, 0.3) is 0 Å². The van der Waals surface area contributed by atoms with Gasteiger partial charge in [-0.2, -0.15) is 0 Å². The lowest BCUT2D eigenvalue weighted by Crippen LogP contribution is -2.41. The van der Waals surface area contributed by atoms with Crippen LogP contribution in [-0.4, -0.2) is 23.2 Å². The predicted molar refractivity (Wildman–Crippen MR) is 103 cm³/mol. The molecule has 4 heteroatoms. The van der Waals surface area contributed by atoms with Gasteiger partial charge in [-0.1, -0.05) is 30.3 Å². The van der Waals surface area contributed by atoms with Crippen molar-refractivity contribution in [2.45, 2.75) is 32.4 Å². The highest BCUT2D eigenvalue weighted by Crippen LogP contribution is 2.36. The summed E-state index contributed by atoms with van der Waals surface area (Å²) >= 11 is 5.72. The fourth-order valence-electron chi connectivity index (χ4n) is 2.88. The summed E-state index contributed by atoms with van der Waals surface area (Å²) in [6.45, 7) is 3.11. The van der Waals surface area contributed by atoms with Crippen molar-refractivity contribution >= 4 is 23.0 Å². The minimum Gasteiger partial charge on any atom is -0.497 e. The molecule has 1 aliphatic carbocycles. The van der Waals surface area contributed by atoms with Gasteiger partial charge in [0.2, 0.25) is 0 Å². The first kappa shape index (κ1) is 16.8. The van der Waals surface area contributed by atoms with Gasteiger partial charge in [-0.05, 0) is 67.7 Å². The molecule has 0 heterocycles. The number of ether oxygens (including phenoxy) is 1. The Labute approximate surface area is 149 Å². The Kier molecular flexibility index (Phi) is 5.36. The van der Waals surface area contributed by atoms with Crippen LogP contribution in [0, 0.1) is 5.92 Å². The minimum atomic E-state index is 0.448. The highest BCUT2D eigenvalue weighted by atomic mass is 32.1. The van der Waals surface area contributed by atoms with Crippen molar-refractivity contribution in [3.05, 3.63) is 60.2 Å². The normalized spacial score (nSPS) is 14.8. The third-order valence-electron chi connectivity index (χ3n) is 4.59. The van der Waals surface area contributed by atoms with Crippen molar-refractivity contribution in [2.75, 3.05) is 12.4 Å². The Bertz CT molecular complexity index is 668. The van der Waals surface area contributed by atoms with Gasteiger partial charge in [-0.3, -0.25) is 0 Å². The zero-order chi connectivity index (χ0) is 16.9. The Morgan fingerprint density at radius 2 is 1.83 bits per heavy atom. The Morgan fingerprint density at radius 3 is 2.42 bits per heavy atom. The van der Waals surface area contributed by atoms with E-state index in [4.69, 9.17) is 17.0 Å². The lowest BCUT2D eigenvalue weighted by atomic mass is 10.1. The number of rotatable bonds is 6. The number of benzene rings is 2. The van der Waals surface area contributed by atoms with E-state index >= 15 is 0 Å². The fourth-order valence-corrected chi connectivity index (χ4v) is 3.23. The van der Waals surface area contributed by atoms with Gasteiger partial charge in [-0.15, -0.1) is 0 Å². The summed E-state index contributed by atoms with van der Waals surface area (Å²) in [6.07, 6.45) is 2.61. The van der Waals surface area contributed by atoms with Crippen molar-refractivity contribution < 1.29 is 4.74 Å². The second kappa shape index (κ2) is 7.67. The molecule has 1 saturated carbocycles. The quantitative estimate of drug-likeness (QED) is 0.771. The molecule has 0 aliphatic heterocycles. The molecule has 1 atom stereocenters. The van der Waals surface area contributed by atoms with Crippen LogP contribution in [0.5, 0.6) is 5.75 Å². The van der Waals surface area contributed by atoms with Crippen LogP contribution >= 0.6 is 12.2 Å². The van der Waals surface area contributed by atoms with Crippen LogP contribution in [0.4, 0.5) is 5.69 Å². The zero-order valence-electron chi connectivity index (χ0n) is 14.2. The maximum absolute atomic E-state index is 5.72. The molecular weight excluding hydrogens is 316 g/mol. The highest BCUT2D eigenvalue weighted by Gasteiger charge is 2.33. The third kappa shape index (κ3) is 4.26. The number of nitrogens with zero attached hydrogens (tertiary/aromatic N) is 1. The van der Waals surface area contributed by atoms with Crippen LogP contribution in [0.3, 0.4) is 0 Å². The van der Waals surface area contributed by atoms with E-state index in [0.29, 0.717) is 6.04 Å². The maximum Gasteiger partial charge on any atom is 0.173 e. The fraction of sp³-hybridized carbons (Fsp3) is 0.350. The molecule has 2 aromatic rings. The summed E-state index contributed by atoms with van der Waals surface area (Å²) in [5.41, 5.74) is 2.27. The lowest BCUT2D eigenvalue weighted by molar-refractivity contribution is 0.298. The molecule has 1 fully saturated rings. The first-order chi connectivity index (χ1) is 11.7. The van der Waals surface area contributed by atoms with Crippen molar-refractivity contribution in [1.29, 1.82) is 0 Å². The predicted octanol–water partition coefficient (Wildman–Crippen LogP) is 4.69. The largest absolute Gasteiger partial charge is 0.497 e. The van der Waals surface area contributed by atoms with Gasteiger partial charge in [-0.25, -0.2) is 0 Å². The number of hydrogen-bond donors (Lipinski definition) is 1. The molecule has 24 heavy (non-hydrogen) atoms. The molecule has 0 unspecified atom stereocenters. The summed E-state index contributed by atoms with van der Waals surface area (Å²) in [5, 5.41) is 4.16. The van der Waals surface area contributed by atoms with Gasteiger partial charge in [0.1, 0.15) is 5.75 Å². The molecule has 0 spiro atoms. The van der Waals surface area contributed by atoms with E-state index < -0.39 is 0 Å². The minimum absolute atomic E-state index is 0.448. The number of hydrogen-bond acceptors (Lipinski definition) is 2. The highest BCUT2D eigenvalue weighted by molar-refractivity contribution is 7.80. The van der Waals surface area contributed by atoms with Gasteiger partial charge in [0.15, 0.2) is 5.11 Å². The molecule has 0 saturated heterocycles. The van der Waals surface area contributed by atoms with E-state index in [0.717, 1.165) is 29.0 Å². The second-order valence-electron chi connectivity index (χ2n) is 6.35. The van der Waals surface area contributed by atoms with Gasteiger partial charge in [0, 0.05) is 18.3 Å². The summed E-state index contributed by atoms with van der Waals surface area (Å²) in [5.74, 6) is 1.60. The standard InChI is InChI=1S/C20H24N2OS/c1-15(17-8-9-17)22(14-16-6-4-3-5-7-16)20(24)21-18-10-12-19(23-2)13-11-18/h3-7,10-13,15,17H,8-9,14H2,1-2H3,(H,21,24)/t15-/m0/s1. The summed E-state index contributed by atoms with van der Waals surface area (Å²) < 4.78 is 5.21. The molecule has 0 radical (unpaired) electrons. The van der Waals surface area contributed by atoms with E-state index in [2.05, 4.69) is 41.4 Å². The van der Waals surface area contributed by atoms with Crippen LogP contribution < -0.4 is 10.1 Å². The summed E-state index contributed by atoms with van der Waals surface area (Å²) in [6, 6.07) is 18.8. The van der Waals surface area contributed by atoms with E-state index in [1.807, 2.05) is 30.3 Å². The second-order valence-corrected chi connectivity index (χ2v) is 6.74. The van der Waals surface area contributed by atoms with Crippen molar-refractivity contribution in [3.63, 3.8) is 0 Å². The number of nitrogens with one attached hydrogen (secondary N) is 1. The molecule has 3 nitrogen and oxygen atoms in total. The molecule has 0 aromatic heterocycles. The molecule has 1 N–H and O–H groups in total. The van der Waals surface area contributed by atoms with Crippen molar-refractivity contribution in [3.8, 4) is 5.75 Å². The van der Waals surface area contributed by atoms with Crippen molar-refractivity contribution in [2.24, 2.45) is 5.92 Å². The first-order valence-electron chi connectivity index (χ1n) is 8.43. The summed E-state index contributed by atoms with van der Waals surface area (Å²) in [4.78, 5) is 2.31. The number of anilines is 1. The average Bonchev–Trinajstić information content (AvgIpc) is 3.46. The molecule has 1 aliphatic rings. The Hall–Kier alpha value is -2.07. The zero-order valence-corrected chi connectivity index (χ0v) is 15.1. The molecule has 2 aromatic carbocycles. The Morgan fingerprint density at radius 1 is 1.17 bits per heavy atom. The topological polar surface area (TPSA) is 24.5 Å². The van der Waals surface area contributed by atoms with E-state index in [1.165, 1.54) is 18.4 Å². The molecule has 126 valence electrons. The molecule has 3 rings (SSSR count). The SMILES string of the molecule is COc1ccc(NC(=S)N(Cc2ccccc2)[C@@H](C)C2CC2)cc1. The van der Waals surface area contributed by atoms with E-state index in [9.17, 15) is 0 Å². The number of methoxy groups -OCH3 is 1. The van der Waals surface area contributed by atoms with Gasteiger partial charge in [0.05, 0.1) is 7.11 Å². The van der Waals surface area contributed by atoms with E-state index in [1.54, 1.807) is 7.11 Å². The molecule has 0 amide bonds. The Balaban J connectivity index is 1.72. The molecular formula is C20H24N2OS. The van der Waals surface area contributed by atoms with Crippen LogP contribution in [0.15, 0.2) is 54.6 Å². The summed E-state index contributed by atoms with van der Waals surface area (Å²) in [7, 11) is 1.67. The van der Waals surface area contributed by atoms with Gasteiger partial charge < -0.3 is 15.0 Å². The van der Waals surface area contributed by atoms with Crippen LogP contribution in [0.25, 0.3) is 0 Å². The smallest absolute Gasteiger partial charge is 0.173 e. The average molecular weight is 340 g/mol. The van der Waals surface area contributed by atoms with E-state index in [-0.39, 0.29) is 0 Å². The third-order valence-corrected chi connectivity index (χ3v) is 4.93. The van der Waals surface area contributed by atoms with Crippen LogP contribution in [0.1, 0.15) is 25.3 Å². The van der Waals surface area contributed by atoms with Gasteiger partial charge >= 0.3 is 0 Å².